The van der Waals surface area contributed by atoms with Crippen molar-refractivity contribution in [2.75, 3.05) is 0 Å². The van der Waals surface area contributed by atoms with E-state index in [9.17, 15) is 0 Å². The highest BCUT2D eigenvalue weighted by Gasteiger charge is 2.38. The summed E-state index contributed by atoms with van der Waals surface area (Å²) >= 11 is 1.89. The van der Waals surface area contributed by atoms with Crippen LogP contribution in [0.15, 0.2) is 0 Å². The van der Waals surface area contributed by atoms with Gasteiger partial charge in [-0.1, -0.05) is 26.7 Å². The second-order valence-electron chi connectivity index (χ2n) is 5.62. The van der Waals surface area contributed by atoms with Gasteiger partial charge in [-0.25, -0.2) is 4.98 Å². The van der Waals surface area contributed by atoms with Crippen molar-refractivity contribution < 1.29 is 0 Å². The Hall–Kier alpha value is -0.410. The van der Waals surface area contributed by atoms with Crippen LogP contribution in [0.1, 0.15) is 68.0 Å². The molecule has 1 aromatic heterocycles. The Kier molecular flexibility index (Phi) is 4.44. The number of thiazole rings is 1. The first-order valence-corrected chi connectivity index (χ1v) is 8.15. The average molecular weight is 266 g/mol. The smallest absolute Gasteiger partial charge is 0.113 e. The fourth-order valence-corrected chi connectivity index (χ4v) is 3.61. The molecule has 1 unspecified atom stereocenters. The summed E-state index contributed by atoms with van der Waals surface area (Å²) < 4.78 is 0. The van der Waals surface area contributed by atoms with Gasteiger partial charge in [0.1, 0.15) is 5.01 Å². The van der Waals surface area contributed by atoms with Gasteiger partial charge in [0, 0.05) is 10.9 Å². The highest BCUT2D eigenvalue weighted by Crippen LogP contribution is 2.38. The molecule has 2 rings (SSSR count). The van der Waals surface area contributed by atoms with Gasteiger partial charge in [-0.05, 0) is 39.5 Å². The van der Waals surface area contributed by atoms with Gasteiger partial charge in [0.25, 0.3) is 0 Å². The van der Waals surface area contributed by atoms with E-state index in [0.29, 0.717) is 0 Å². The highest BCUT2D eigenvalue weighted by atomic mass is 32.1. The third-order valence-corrected chi connectivity index (χ3v) is 5.33. The number of hydrogen-bond acceptors (Lipinski definition) is 3. The molecular weight excluding hydrogens is 240 g/mol. The average Bonchev–Trinajstić information content (AvgIpc) is 3.11. The third kappa shape index (κ3) is 2.94. The lowest BCUT2D eigenvalue weighted by molar-refractivity contribution is 0.283. The Morgan fingerprint density at radius 3 is 2.50 bits per heavy atom. The number of unbranched alkanes of at least 4 members (excludes halogenated alkanes) is 1. The summed E-state index contributed by atoms with van der Waals surface area (Å²) in [6, 6.07) is 0.742. The Labute approximate surface area is 115 Å². The van der Waals surface area contributed by atoms with Crippen LogP contribution in [0.2, 0.25) is 0 Å². The first-order valence-electron chi connectivity index (χ1n) is 7.33. The second-order valence-corrected chi connectivity index (χ2v) is 6.82. The first-order chi connectivity index (χ1) is 8.61. The molecule has 1 N–H and O–H groups in total. The van der Waals surface area contributed by atoms with Gasteiger partial charge in [-0.3, -0.25) is 0 Å². The molecule has 3 heteroatoms. The van der Waals surface area contributed by atoms with Crippen LogP contribution in [-0.2, 0) is 5.54 Å². The SMILES string of the molecule is CCCCC(CC)(NC1CC1)c1nc(C)c(C)s1. The number of hydrogen-bond donors (Lipinski definition) is 1. The van der Waals surface area contributed by atoms with Crippen molar-refractivity contribution in [1.82, 2.24) is 10.3 Å². The Bertz CT molecular complexity index is 376. The molecule has 0 aromatic carbocycles. The van der Waals surface area contributed by atoms with Crippen molar-refractivity contribution in [2.24, 2.45) is 0 Å². The molecule has 1 aromatic rings. The summed E-state index contributed by atoms with van der Waals surface area (Å²) in [7, 11) is 0. The Balaban J connectivity index is 2.25. The maximum Gasteiger partial charge on any atom is 0.113 e. The molecule has 0 amide bonds. The van der Waals surface area contributed by atoms with E-state index >= 15 is 0 Å². The molecule has 1 atom stereocenters. The van der Waals surface area contributed by atoms with Gasteiger partial charge >= 0.3 is 0 Å². The Morgan fingerprint density at radius 1 is 1.33 bits per heavy atom. The quantitative estimate of drug-likeness (QED) is 0.795. The van der Waals surface area contributed by atoms with Crippen LogP contribution in [0, 0.1) is 13.8 Å². The minimum atomic E-state index is 0.140. The molecule has 1 heterocycles. The number of rotatable bonds is 7. The topological polar surface area (TPSA) is 24.9 Å². The molecule has 0 saturated heterocycles. The summed E-state index contributed by atoms with van der Waals surface area (Å²) in [5.74, 6) is 0. The van der Waals surface area contributed by atoms with E-state index in [1.165, 1.54) is 47.7 Å². The van der Waals surface area contributed by atoms with Gasteiger partial charge < -0.3 is 5.32 Å². The molecule has 18 heavy (non-hydrogen) atoms. The van der Waals surface area contributed by atoms with E-state index in [4.69, 9.17) is 4.98 Å². The second kappa shape index (κ2) is 5.70. The summed E-state index contributed by atoms with van der Waals surface area (Å²) in [4.78, 5) is 6.22. The lowest BCUT2D eigenvalue weighted by atomic mass is 9.90. The summed E-state index contributed by atoms with van der Waals surface area (Å²) in [5, 5.41) is 5.21. The molecule has 2 nitrogen and oxygen atoms in total. The van der Waals surface area contributed by atoms with Crippen LogP contribution in [0.25, 0.3) is 0 Å². The van der Waals surface area contributed by atoms with Gasteiger partial charge in [-0.15, -0.1) is 11.3 Å². The summed E-state index contributed by atoms with van der Waals surface area (Å²) in [5.41, 5.74) is 1.35. The van der Waals surface area contributed by atoms with Crippen molar-refractivity contribution in [3.8, 4) is 0 Å². The van der Waals surface area contributed by atoms with Crippen LogP contribution in [0.5, 0.6) is 0 Å². The van der Waals surface area contributed by atoms with Crippen LogP contribution in [-0.4, -0.2) is 11.0 Å². The first kappa shape index (κ1) is 14.0. The van der Waals surface area contributed by atoms with Crippen molar-refractivity contribution in [3.05, 3.63) is 15.6 Å². The van der Waals surface area contributed by atoms with Gasteiger partial charge in [0.2, 0.25) is 0 Å². The summed E-state index contributed by atoms with van der Waals surface area (Å²) in [6.45, 7) is 8.90. The van der Waals surface area contributed by atoms with Crippen LogP contribution in [0.3, 0.4) is 0 Å². The maximum absolute atomic E-state index is 4.84. The minimum Gasteiger partial charge on any atom is -0.303 e. The monoisotopic (exact) mass is 266 g/mol. The molecule has 1 saturated carbocycles. The molecular formula is C15H26N2S. The van der Waals surface area contributed by atoms with Crippen molar-refractivity contribution >= 4 is 11.3 Å². The molecule has 0 spiro atoms. The van der Waals surface area contributed by atoms with Crippen molar-refractivity contribution in [2.45, 2.75) is 77.8 Å². The number of nitrogens with zero attached hydrogens (tertiary/aromatic N) is 1. The predicted octanol–water partition coefficient (Wildman–Crippen LogP) is 4.31. The zero-order valence-corrected chi connectivity index (χ0v) is 13.0. The molecule has 0 radical (unpaired) electrons. The fraction of sp³-hybridized carbons (Fsp3) is 0.800. The molecule has 0 aliphatic heterocycles. The standard InChI is InChI=1S/C15H26N2S/c1-5-7-10-15(6-2,17-13-8-9-13)14-16-11(3)12(4)18-14/h13,17H,5-10H2,1-4H3. The van der Waals surface area contributed by atoms with E-state index in [0.717, 1.165) is 12.5 Å². The minimum absolute atomic E-state index is 0.140. The number of aryl methyl sites for hydroxylation is 2. The lowest BCUT2D eigenvalue weighted by Crippen LogP contribution is -2.43. The van der Waals surface area contributed by atoms with E-state index in [2.05, 4.69) is 33.0 Å². The molecule has 0 bridgehead atoms. The van der Waals surface area contributed by atoms with Crippen molar-refractivity contribution in [3.63, 3.8) is 0 Å². The van der Waals surface area contributed by atoms with Gasteiger partial charge in [0.15, 0.2) is 0 Å². The van der Waals surface area contributed by atoms with Crippen LogP contribution >= 0.6 is 11.3 Å². The maximum atomic E-state index is 4.84. The largest absolute Gasteiger partial charge is 0.303 e. The Morgan fingerprint density at radius 2 is 2.06 bits per heavy atom. The number of aromatic nitrogens is 1. The predicted molar refractivity (Wildman–Crippen MR) is 79.2 cm³/mol. The molecule has 102 valence electrons. The van der Waals surface area contributed by atoms with Gasteiger partial charge in [-0.2, -0.15) is 0 Å². The third-order valence-electron chi connectivity index (χ3n) is 4.06. The molecule has 1 aliphatic carbocycles. The van der Waals surface area contributed by atoms with Crippen molar-refractivity contribution in [1.29, 1.82) is 0 Å². The molecule has 1 aliphatic rings. The van der Waals surface area contributed by atoms with Crippen LogP contribution in [0.4, 0.5) is 0 Å². The van der Waals surface area contributed by atoms with E-state index in [1.807, 2.05) is 11.3 Å². The van der Waals surface area contributed by atoms with E-state index in [-0.39, 0.29) is 5.54 Å². The van der Waals surface area contributed by atoms with Gasteiger partial charge in [0.05, 0.1) is 11.2 Å². The zero-order chi connectivity index (χ0) is 13.2. The number of nitrogens with one attached hydrogen (secondary N) is 1. The van der Waals surface area contributed by atoms with Crippen LogP contribution < -0.4 is 5.32 Å². The summed E-state index contributed by atoms with van der Waals surface area (Å²) in [6.07, 6.45) is 7.61. The van der Waals surface area contributed by atoms with E-state index < -0.39 is 0 Å². The zero-order valence-electron chi connectivity index (χ0n) is 12.2. The fourth-order valence-electron chi connectivity index (χ4n) is 2.45. The lowest BCUT2D eigenvalue weighted by Gasteiger charge is -2.32. The highest BCUT2D eigenvalue weighted by molar-refractivity contribution is 7.11. The van der Waals surface area contributed by atoms with E-state index in [1.54, 1.807) is 0 Å². The normalized spacial score (nSPS) is 18.9. The molecule has 1 fully saturated rings.